The van der Waals surface area contributed by atoms with Gasteiger partial charge in [0.1, 0.15) is 17.3 Å². The van der Waals surface area contributed by atoms with Gasteiger partial charge < -0.3 is 14.6 Å². The van der Waals surface area contributed by atoms with Crippen LogP contribution in [0.4, 0.5) is 0 Å². The van der Waals surface area contributed by atoms with Crippen LogP contribution in [0.15, 0.2) is 43.0 Å². The Morgan fingerprint density at radius 2 is 1.59 bits per heavy atom. The Morgan fingerprint density at radius 1 is 0.912 bits per heavy atom. The molecule has 182 valence electrons. The molecule has 0 aliphatic heterocycles. The maximum Gasteiger partial charge on any atom is 0.185 e. The Hall–Kier alpha value is -3.35. The van der Waals surface area contributed by atoms with Crippen LogP contribution in [0.5, 0.6) is 11.5 Å². The van der Waals surface area contributed by atoms with Gasteiger partial charge >= 0.3 is 0 Å². The largest absolute Gasteiger partial charge is 0.508 e. The number of hydrogen-bond acceptors (Lipinski definition) is 6. The van der Waals surface area contributed by atoms with Crippen molar-refractivity contribution in [2.24, 2.45) is 0 Å². The Bertz CT molecular complexity index is 1080. The molecule has 0 aliphatic carbocycles. The monoisotopic (exact) mass is 464 g/mol. The van der Waals surface area contributed by atoms with Crippen molar-refractivity contribution in [3.8, 4) is 34.0 Å². The van der Waals surface area contributed by atoms with E-state index in [9.17, 15) is 5.11 Å². The topological polar surface area (TPSA) is 82.3 Å². The lowest BCUT2D eigenvalue weighted by Crippen LogP contribution is -2.06. The molecule has 34 heavy (non-hydrogen) atoms. The van der Waals surface area contributed by atoms with E-state index in [1.165, 1.54) is 0 Å². The predicted molar refractivity (Wildman–Crippen MR) is 136 cm³/mol. The molecule has 0 spiro atoms. The van der Waals surface area contributed by atoms with Crippen molar-refractivity contribution in [1.82, 2.24) is 20.2 Å². The summed E-state index contributed by atoms with van der Waals surface area (Å²) in [5.41, 5.74) is 3.29. The van der Waals surface area contributed by atoms with Gasteiger partial charge in [0.2, 0.25) is 0 Å². The molecule has 1 heterocycles. The molecule has 0 saturated heterocycles. The Labute approximate surface area is 202 Å². The molecule has 1 aromatic heterocycles. The van der Waals surface area contributed by atoms with Crippen LogP contribution in [0.3, 0.4) is 0 Å². The van der Waals surface area contributed by atoms with Crippen molar-refractivity contribution in [2.45, 2.75) is 65.8 Å². The van der Waals surface area contributed by atoms with Gasteiger partial charge in [-0.2, -0.15) is 0 Å². The number of aryl methyl sites for hydroxylation is 1. The molecule has 2 aromatic carbocycles. The van der Waals surface area contributed by atoms with Crippen LogP contribution in [0.2, 0.25) is 0 Å². The van der Waals surface area contributed by atoms with Gasteiger partial charge in [-0.1, -0.05) is 64.8 Å². The normalized spacial score (nSPS) is 10.9. The van der Waals surface area contributed by atoms with Crippen LogP contribution in [0.1, 0.15) is 64.9 Å². The summed E-state index contributed by atoms with van der Waals surface area (Å²) in [7, 11) is 0. The molecule has 7 heteroatoms. The molecule has 7 nitrogen and oxygen atoms in total. The molecule has 1 N–H and O–H groups in total. The minimum Gasteiger partial charge on any atom is -0.508 e. The number of benzene rings is 2. The number of aliphatic hydroxyl groups is 1. The van der Waals surface area contributed by atoms with Crippen LogP contribution in [0.25, 0.3) is 28.3 Å². The van der Waals surface area contributed by atoms with Gasteiger partial charge in [-0.3, -0.25) is 0 Å². The van der Waals surface area contributed by atoms with Gasteiger partial charge in [0, 0.05) is 23.7 Å². The van der Waals surface area contributed by atoms with E-state index >= 15 is 0 Å². The van der Waals surface area contributed by atoms with Crippen LogP contribution in [-0.4, -0.2) is 38.5 Å². The zero-order chi connectivity index (χ0) is 24.3. The number of hydrogen-bond donors (Lipinski definition) is 1. The molecule has 0 fully saturated rings. The maximum atomic E-state index is 9.95. The van der Waals surface area contributed by atoms with Crippen molar-refractivity contribution in [3.05, 3.63) is 48.5 Å². The predicted octanol–water partition coefficient (Wildman–Crippen LogP) is 6.69. The third-order valence-electron chi connectivity index (χ3n) is 5.60. The second kappa shape index (κ2) is 12.8. The van der Waals surface area contributed by atoms with E-state index in [-0.39, 0.29) is 5.76 Å². The number of nitrogens with zero attached hydrogens (tertiary/aromatic N) is 4. The third kappa shape index (κ3) is 6.37. The summed E-state index contributed by atoms with van der Waals surface area (Å²) in [4.78, 5) is 0. The molecule has 0 unspecified atom stereocenters. The van der Waals surface area contributed by atoms with Crippen molar-refractivity contribution >= 4 is 5.76 Å². The summed E-state index contributed by atoms with van der Waals surface area (Å²) in [6.45, 7) is 12.0. The molecular weight excluding hydrogens is 428 g/mol. The lowest BCUT2D eigenvalue weighted by atomic mass is 9.98. The SMILES string of the molecule is C=C(O)c1cccc(-c2cc(-c3nnnn3CCCC)c(OCCCC)cc2OCCCC)c1. The summed E-state index contributed by atoms with van der Waals surface area (Å²) in [6.07, 6.45) is 6.02. The molecule has 0 amide bonds. The Morgan fingerprint density at radius 3 is 2.24 bits per heavy atom. The molecule has 0 bridgehead atoms. The second-order valence-corrected chi connectivity index (χ2v) is 8.36. The van der Waals surface area contributed by atoms with E-state index in [0.29, 0.717) is 30.4 Å². The fourth-order valence-corrected chi connectivity index (χ4v) is 3.58. The molecule has 3 rings (SSSR count). The number of ether oxygens (including phenoxy) is 2. The molecule has 0 aliphatic rings. The van der Waals surface area contributed by atoms with Gasteiger partial charge in [-0.25, -0.2) is 4.68 Å². The number of tetrazole rings is 1. The molecule has 0 atom stereocenters. The van der Waals surface area contributed by atoms with Gasteiger partial charge in [-0.15, -0.1) is 5.10 Å². The first-order valence-electron chi connectivity index (χ1n) is 12.3. The summed E-state index contributed by atoms with van der Waals surface area (Å²) in [5, 5.41) is 22.4. The number of rotatable bonds is 14. The van der Waals surface area contributed by atoms with Crippen LogP contribution < -0.4 is 9.47 Å². The number of unbranched alkanes of at least 4 members (excludes halogenated alkanes) is 3. The number of aliphatic hydroxyl groups excluding tert-OH is 1. The van der Waals surface area contributed by atoms with Crippen molar-refractivity contribution in [2.75, 3.05) is 13.2 Å². The lowest BCUT2D eigenvalue weighted by molar-refractivity contribution is 0.295. The zero-order valence-electron chi connectivity index (χ0n) is 20.6. The summed E-state index contributed by atoms with van der Waals surface area (Å²) < 4.78 is 14.3. The van der Waals surface area contributed by atoms with Crippen LogP contribution in [-0.2, 0) is 6.54 Å². The summed E-state index contributed by atoms with van der Waals surface area (Å²) in [6, 6.07) is 11.6. The highest BCUT2D eigenvalue weighted by Crippen LogP contribution is 2.41. The van der Waals surface area contributed by atoms with E-state index in [2.05, 4.69) is 42.9 Å². The molecule has 0 radical (unpaired) electrons. The van der Waals surface area contributed by atoms with E-state index < -0.39 is 0 Å². The summed E-state index contributed by atoms with van der Waals surface area (Å²) in [5.74, 6) is 2.14. The minimum atomic E-state index is 0.0264. The molecule has 3 aromatic rings. The second-order valence-electron chi connectivity index (χ2n) is 8.36. The van der Waals surface area contributed by atoms with Crippen molar-refractivity contribution < 1.29 is 14.6 Å². The maximum absolute atomic E-state index is 9.95. The van der Waals surface area contributed by atoms with Gasteiger partial charge in [0.25, 0.3) is 0 Å². The lowest BCUT2D eigenvalue weighted by Gasteiger charge is -2.18. The highest BCUT2D eigenvalue weighted by Gasteiger charge is 2.20. The van der Waals surface area contributed by atoms with Crippen LogP contribution >= 0.6 is 0 Å². The first kappa shape index (κ1) is 25.3. The van der Waals surface area contributed by atoms with Gasteiger partial charge in [0.05, 0.1) is 18.8 Å². The van der Waals surface area contributed by atoms with Crippen LogP contribution in [0, 0.1) is 0 Å². The van der Waals surface area contributed by atoms with Crippen molar-refractivity contribution in [1.29, 1.82) is 0 Å². The third-order valence-corrected chi connectivity index (χ3v) is 5.60. The van der Waals surface area contributed by atoms with E-state index in [4.69, 9.17) is 9.47 Å². The fourth-order valence-electron chi connectivity index (χ4n) is 3.58. The standard InChI is InChI=1S/C27H36N4O3/c1-5-8-14-31-27(28-29-30-31)24-18-23(22-13-11-12-21(17-22)20(4)32)25(33-15-9-6-2)19-26(24)34-16-10-7-3/h11-13,17-19,32H,4-10,14-16H2,1-3H3. The van der Waals surface area contributed by atoms with E-state index in [0.717, 1.165) is 67.5 Å². The first-order valence-corrected chi connectivity index (χ1v) is 12.3. The highest BCUT2D eigenvalue weighted by atomic mass is 16.5. The van der Waals surface area contributed by atoms with Crippen molar-refractivity contribution in [3.63, 3.8) is 0 Å². The average molecular weight is 465 g/mol. The Kier molecular flexibility index (Phi) is 9.50. The summed E-state index contributed by atoms with van der Waals surface area (Å²) >= 11 is 0. The minimum absolute atomic E-state index is 0.0264. The zero-order valence-corrected chi connectivity index (χ0v) is 20.6. The van der Waals surface area contributed by atoms with Gasteiger partial charge in [0.15, 0.2) is 5.82 Å². The molecular formula is C27H36N4O3. The smallest absolute Gasteiger partial charge is 0.185 e. The Balaban J connectivity index is 2.16. The van der Waals surface area contributed by atoms with E-state index in [1.807, 2.05) is 41.1 Å². The van der Waals surface area contributed by atoms with Gasteiger partial charge in [-0.05, 0) is 47.4 Å². The highest BCUT2D eigenvalue weighted by molar-refractivity contribution is 5.81. The quantitative estimate of drug-likeness (QED) is 0.211. The average Bonchev–Trinajstić information content (AvgIpc) is 3.31. The van der Waals surface area contributed by atoms with E-state index in [1.54, 1.807) is 0 Å². The number of aromatic nitrogens is 4. The fraction of sp³-hybridized carbons (Fsp3) is 0.444. The molecule has 0 saturated carbocycles. The first-order chi connectivity index (χ1) is 16.6.